The average molecular weight is 545 g/mol. The maximum absolute atomic E-state index is 13.7. The second kappa shape index (κ2) is 11.5. The molecule has 0 spiro atoms. The highest BCUT2D eigenvalue weighted by atomic mass is 35.5. The molecule has 4 rings (SSSR count). The molecule has 0 amide bonds. The third kappa shape index (κ3) is 5.66. The Bertz CT molecular complexity index is 1510. The molecule has 13 heteroatoms. The van der Waals surface area contributed by atoms with Gasteiger partial charge in [-0.25, -0.2) is 12.9 Å². The van der Waals surface area contributed by atoms with Gasteiger partial charge >= 0.3 is 0 Å². The van der Waals surface area contributed by atoms with E-state index >= 15 is 0 Å². The van der Waals surface area contributed by atoms with Crippen molar-refractivity contribution in [3.05, 3.63) is 77.1 Å². The molecule has 194 valence electrons. The normalized spacial score (nSPS) is 11.5. The van der Waals surface area contributed by atoms with Gasteiger partial charge in [0.05, 0.1) is 23.4 Å². The smallest absolute Gasteiger partial charge is 0.289 e. The third-order valence-corrected chi connectivity index (χ3v) is 7.65. The van der Waals surface area contributed by atoms with E-state index in [1.54, 1.807) is 41.2 Å². The van der Waals surface area contributed by atoms with Gasteiger partial charge in [-0.15, -0.1) is 11.6 Å². The summed E-state index contributed by atoms with van der Waals surface area (Å²) >= 11 is 5.88. The second-order valence-electron chi connectivity index (χ2n) is 7.98. The highest BCUT2D eigenvalue weighted by Crippen LogP contribution is 2.33. The molecule has 11 nitrogen and oxygen atoms in total. The number of para-hydroxylation sites is 1. The predicted octanol–water partition coefficient (Wildman–Crippen LogP) is 3.86. The molecule has 2 aromatic heterocycles. The van der Waals surface area contributed by atoms with Gasteiger partial charge in [0.1, 0.15) is 0 Å². The quantitative estimate of drug-likeness (QED) is 0.122. The summed E-state index contributed by atoms with van der Waals surface area (Å²) < 4.78 is 35.7. The summed E-state index contributed by atoms with van der Waals surface area (Å²) in [6.07, 6.45) is 4.38. The first kappa shape index (κ1) is 26.3. The van der Waals surface area contributed by atoms with Gasteiger partial charge < -0.3 is 10.5 Å². The SMILES string of the molecule is NCCCOc1ccn2ncc(-c3cccc(N(CCCCl)S(=O)(=O)c4ccccc4[N+](=O)[O-])c3)c2n1. The van der Waals surface area contributed by atoms with Crippen LogP contribution in [0.1, 0.15) is 12.8 Å². The van der Waals surface area contributed by atoms with Gasteiger partial charge in [-0.2, -0.15) is 10.1 Å². The number of nitrogens with zero attached hydrogens (tertiary/aromatic N) is 5. The highest BCUT2D eigenvalue weighted by molar-refractivity contribution is 7.93. The van der Waals surface area contributed by atoms with Crippen molar-refractivity contribution in [1.82, 2.24) is 14.6 Å². The molecule has 0 fully saturated rings. The summed E-state index contributed by atoms with van der Waals surface area (Å²) in [5.41, 5.74) is 7.20. The Morgan fingerprint density at radius 1 is 1.14 bits per heavy atom. The van der Waals surface area contributed by atoms with Crippen molar-refractivity contribution < 1.29 is 18.1 Å². The lowest BCUT2D eigenvalue weighted by Gasteiger charge is -2.24. The van der Waals surface area contributed by atoms with Gasteiger partial charge in [-0.05, 0) is 43.1 Å². The van der Waals surface area contributed by atoms with Crippen LogP contribution in [0.15, 0.2) is 71.9 Å². The zero-order valence-corrected chi connectivity index (χ0v) is 21.3. The summed E-state index contributed by atoms with van der Waals surface area (Å²) in [5, 5.41) is 15.9. The van der Waals surface area contributed by atoms with Crippen LogP contribution < -0.4 is 14.8 Å². The number of alkyl halides is 1. The minimum absolute atomic E-state index is 0.0352. The molecular weight excluding hydrogens is 520 g/mol. The number of benzene rings is 2. The molecule has 4 aromatic rings. The largest absolute Gasteiger partial charge is 0.478 e. The topological polar surface area (TPSA) is 146 Å². The van der Waals surface area contributed by atoms with Crippen LogP contribution in [0.25, 0.3) is 16.8 Å². The standard InChI is InChI=1S/C24H25ClN6O5S/c25-11-4-13-30(37(34,35)22-9-2-1-8-21(22)31(32)33)19-7-3-6-18(16-19)20-17-27-29-14-10-23(28-24(20)29)36-15-5-12-26/h1-3,6-10,14,16-17H,4-5,11-13,15,26H2. The van der Waals surface area contributed by atoms with E-state index in [9.17, 15) is 18.5 Å². The van der Waals surface area contributed by atoms with E-state index in [4.69, 9.17) is 22.1 Å². The summed E-state index contributed by atoms with van der Waals surface area (Å²) in [6.45, 7) is 0.966. The molecule has 0 aliphatic rings. The molecule has 0 atom stereocenters. The molecular formula is C24H25ClN6O5S. The third-order valence-electron chi connectivity index (χ3n) is 5.51. The van der Waals surface area contributed by atoms with Crippen LogP contribution in [0, 0.1) is 10.1 Å². The van der Waals surface area contributed by atoms with Crippen LogP contribution in [0.3, 0.4) is 0 Å². The van der Waals surface area contributed by atoms with E-state index in [-0.39, 0.29) is 12.4 Å². The van der Waals surface area contributed by atoms with E-state index in [2.05, 4.69) is 10.1 Å². The van der Waals surface area contributed by atoms with Gasteiger partial charge in [0, 0.05) is 36.3 Å². The number of hydrogen-bond donors (Lipinski definition) is 1. The highest BCUT2D eigenvalue weighted by Gasteiger charge is 2.31. The predicted molar refractivity (Wildman–Crippen MR) is 141 cm³/mol. The van der Waals surface area contributed by atoms with E-state index < -0.39 is 25.5 Å². The lowest BCUT2D eigenvalue weighted by Crippen LogP contribution is -2.32. The molecule has 0 bridgehead atoms. The minimum atomic E-state index is -4.28. The molecule has 0 saturated heterocycles. The van der Waals surface area contributed by atoms with Gasteiger partial charge in [-0.3, -0.25) is 14.4 Å². The summed E-state index contributed by atoms with van der Waals surface area (Å²) in [6, 6.07) is 13.8. The van der Waals surface area contributed by atoms with E-state index in [0.717, 1.165) is 4.31 Å². The number of rotatable bonds is 12. The molecule has 0 aliphatic heterocycles. The molecule has 2 N–H and O–H groups in total. The van der Waals surface area contributed by atoms with Crippen LogP contribution in [-0.2, 0) is 10.0 Å². The number of nitro groups is 1. The molecule has 0 saturated carbocycles. The van der Waals surface area contributed by atoms with Gasteiger partial charge in [-0.1, -0.05) is 24.3 Å². The number of halogens is 1. The summed E-state index contributed by atoms with van der Waals surface area (Å²) in [7, 11) is -4.28. The van der Waals surface area contributed by atoms with Crippen LogP contribution in [0.5, 0.6) is 5.88 Å². The van der Waals surface area contributed by atoms with Gasteiger partial charge in [0.25, 0.3) is 15.7 Å². The number of nitro benzene ring substituents is 1. The Morgan fingerprint density at radius 2 is 1.95 bits per heavy atom. The van der Waals surface area contributed by atoms with Crippen LogP contribution in [0.4, 0.5) is 11.4 Å². The first-order valence-corrected chi connectivity index (χ1v) is 13.4. The Labute approximate surface area is 218 Å². The average Bonchev–Trinajstić information content (AvgIpc) is 3.32. The molecule has 2 aromatic carbocycles. The fraction of sp³-hybridized carbons (Fsp3) is 0.250. The Morgan fingerprint density at radius 3 is 2.70 bits per heavy atom. The molecule has 0 radical (unpaired) electrons. The van der Waals surface area contributed by atoms with Crippen molar-refractivity contribution in [2.24, 2.45) is 5.73 Å². The summed E-state index contributed by atoms with van der Waals surface area (Å²) in [4.78, 5) is 15.0. The van der Waals surface area contributed by atoms with Crippen LogP contribution in [-0.4, -0.2) is 53.5 Å². The maximum Gasteiger partial charge on any atom is 0.289 e. The first-order chi connectivity index (χ1) is 17.9. The number of anilines is 1. The van der Waals surface area contributed by atoms with E-state index in [1.807, 2.05) is 6.07 Å². The maximum atomic E-state index is 13.7. The number of hydrogen-bond acceptors (Lipinski definition) is 8. The zero-order valence-electron chi connectivity index (χ0n) is 19.7. The van der Waals surface area contributed by atoms with Crippen molar-refractivity contribution in [1.29, 1.82) is 0 Å². The van der Waals surface area contributed by atoms with Crippen molar-refractivity contribution >= 4 is 38.6 Å². The number of ether oxygens (including phenoxy) is 1. The number of fused-ring (bicyclic) bond motifs is 1. The van der Waals surface area contributed by atoms with Crippen molar-refractivity contribution in [2.45, 2.75) is 17.7 Å². The Kier molecular flexibility index (Phi) is 8.21. The summed E-state index contributed by atoms with van der Waals surface area (Å²) in [5.74, 6) is 0.634. The first-order valence-electron chi connectivity index (χ1n) is 11.5. The van der Waals surface area contributed by atoms with Crippen molar-refractivity contribution in [3.63, 3.8) is 0 Å². The van der Waals surface area contributed by atoms with E-state index in [1.165, 1.54) is 24.3 Å². The number of sulfonamides is 1. The molecule has 0 unspecified atom stereocenters. The van der Waals surface area contributed by atoms with Gasteiger partial charge in [0.2, 0.25) is 5.88 Å². The lowest BCUT2D eigenvalue weighted by atomic mass is 10.1. The lowest BCUT2D eigenvalue weighted by molar-refractivity contribution is -0.387. The Hall–Kier alpha value is -3.74. The molecule has 2 heterocycles. The monoisotopic (exact) mass is 544 g/mol. The number of aromatic nitrogens is 3. The fourth-order valence-corrected chi connectivity index (χ4v) is 5.54. The van der Waals surface area contributed by atoms with Crippen molar-refractivity contribution in [3.8, 4) is 17.0 Å². The fourth-order valence-electron chi connectivity index (χ4n) is 3.76. The van der Waals surface area contributed by atoms with E-state index in [0.29, 0.717) is 54.3 Å². The van der Waals surface area contributed by atoms with Crippen LogP contribution >= 0.6 is 11.6 Å². The molecule has 0 aliphatic carbocycles. The second-order valence-corrected chi connectivity index (χ2v) is 10.2. The minimum Gasteiger partial charge on any atom is -0.478 e. The van der Waals surface area contributed by atoms with Gasteiger partial charge in [0.15, 0.2) is 10.5 Å². The Balaban J connectivity index is 1.76. The van der Waals surface area contributed by atoms with Crippen LogP contribution in [0.2, 0.25) is 0 Å². The number of nitrogens with two attached hydrogens (primary N) is 1. The molecule has 37 heavy (non-hydrogen) atoms. The zero-order chi connectivity index (χ0) is 26.4. The van der Waals surface area contributed by atoms with Crippen molar-refractivity contribution in [2.75, 3.05) is 29.9 Å².